The normalized spacial score (nSPS) is 13.4. The van der Waals surface area contributed by atoms with Crippen LogP contribution in [0.15, 0.2) is 36.5 Å². The van der Waals surface area contributed by atoms with Gasteiger partial charge in [0, 0.05) is 50.5 Å². The van der Waals surface area contributed by atoms with Crippen LogP contribution < -0.4 is 5.32 Å². The van der Waals surface area contributed by atoms with Crippen LogP contribution in [0.25, 0.3) is 33.2 Å². The Labute approximate surface area is 226 Å². The molecule has 1 saturated carbocycles. The van der Waals surface area contributed by atoms with E-state index in [1.54, 1.807) is 19.1 Å². The molecule has 5 aromatic rings. The first-order chi connectivity index (χ1) is 18.9. The summed E-state index contributed by atoms with van der Waals surface area (Å²) in [7, 11) is 7.33. The molecule has 1 aliphatic carbocycles. The lowest BCUT2D eigenvalue weighted by Gasteiger charge is -2.19. The molecule has 0 atom stereocenters. The summed E-state index contributed by atoms with van der Waals surface area (Å²) in [6.07, 6.45) is 4.23. The van der Waals surface area contributed by atoms with Crippen LogP contribution in [0.1, 0.15) is 51.9 Å². The molecular weight excluding hydrogens is 492 g/mol. The molecule has 1 fully saturated rings. The van der Waals surface area contributed by atoms with Crippen LogP contribution >= 0.6 is 0 Å². The molecule has 1 amide bonds. The number of imidazole rings is 1. The van der Waals surface area contributed by atoms with Crippen molar-refractivity contribution in [1.29, 1.82) is 0 Å². The summed E-state index contributed by atoms with van der Waals surface area (Å²) in [5, 5.41) is 12.2. The van der Waals surface area contributed by atoms with Crippen molar-refractivity contribution in [1.82, 2.24) is 34.6 Å². The Kier molecular flexibility index (Phi) is 6.26. The first kappa shape index (κ1) is 25.0. The molecule has 0 spiro atoms. The summed E-state index contributed by atoms with van der Waals surface area (Å²) >= 11 is 0. The topological polar surface area (TPSA) is 114 Å². The van der Waals surface area contributed by atoms with Gasteiger partial charge in [0.15, 0.2) is 5.82 Å². The average molecular weight is 525 g/mol. The Morgan fingerprint density at radius 1 is 1.18 bits per heavy atom. The predicted octanol–water partition coefficient (Wildman–Crippen LogP) is 4.55. The van der Waals surface area contributed by atoms with Crippen LogP contribution in [0.2, 0.25) is 0 Å². The van der Waals surface area contributed by atoms with Crippen LogP contribution in [-0.4, -0.2) is 61.7 Å². The van der Waals surface area contributed by atoms with Crippen molar-refractivity contribution >= 4 is 33.5 Å². The minimum Gasteiger partial charge on any atom is -0.380 e. The van der Waals surface area contributed by atoms with Crippen molar-refractivity contribution < 1.29 is 9.53 Å². The second kappa shape index (κ2) is 9.77. The summed E-state index contributed by atoms with van der Waals surface area (Å²) in [6.45, 7) is 2.87. The van der Waals surface area contributed by atoms with Crippen LogP contribution in [0.4, 0.5) is 5.82 Å². The quantitative estimate of drug-likeness (QED) is 0.306. The maximum atomic E-state index is 14.0. The van der Waals surface area contributed by atoms with Gasteiger partial charge in [0.2, 0.25) is 0 Å². The van der Waals surface area contributed by atoms with E-state index < -0.39 is 0 Å². The van der Waals surface area contributed by atoms with Gasteiger partial charge in [0.1, 0.15) is 17.3 Å². The van der Waals surface area contributed by atoms with Crippen molar-refractivity contribution in [2.24, 2.45) is 7.05 Å². The molecule has 2 aromatic carbocycles. The SMILES string of the molecule is CNc1[nH]nc2cc(C)c(-c3nc(C(=O)N(C)Cc4cnc(C5CC5)n4C)c4cc(COC)ccc4n3)cc12. The number of methoxy groups -OCH3 is 1. The molecule has 200 valence electrons. The van der Waals surface area contributed by atoms with Crippen molar-refractivity contribution in [3.8, 4) is 11.4 Å². The number of aromatic nitrogens is 6. The Hall–Kier alpha value is -4.31. The maximum Gasteiger partial charge on any atom is 0.273 e. The van der Waals surface area contributed by atoms with Gasteiger partial charge in [-0.3, -0.25) is 9.89 Å². The second-order valence-electron chi connectivity index (χ2n) is 10.3. The number of anilines is 1. The van der Waals surface area contributed by atoms with Crippen molar-refractivity contribution in [3.05, 3.63) is 64.9 Å². The largest absolute Gasteiger partial charge is 0.380 e. The Bertz CT molecular complexity index is 1720. The van der Waals surface area contributed by atoms with E-state index in [9.17, 15) is 4.79 Å². The van der Waals surface area contributed by atoms with Gasteiger partial charge in [-0.1, -0.05) is 6.07 Å². The lowest BCUT2D eigenvalue weighted by molar-refractivity contribution is 0.0778. The van der Waals surface area contributed by atoms with Gasteiger partial charge in [-0.25, -0.2) is 15.0 Å². The summed E-state index contributed by atoms with van der Waals surface area (Å²) < 4.78 is 7.46. The number of nitrogens with one attached hydrogen (secondary N) is 2. The summed E-state index contributed by atoms with van der Waals surface area (Å²) in [5.41, 5.74) is 5.68. The fourth-order valence-corrected chi connectivity index (χ4v) is 5.13. The molecule has 10 heteroatoms. The van der Waals surface area contributed by atoms with Gasteiger partial charge >= 0.3 is 0 Å². The van der Waals surface area contributed by atoms with Gasteiger partial charge in [-0.2, -0.15) is 5.10 Å². The third kappa shape index (κ3) is 4.50. The molecule has 0 unspecified atom stereocenters. The lowest BCUT2D eigenvalue weighted by atomic mass is 10.0. The number of nitrogens with zero attached hydrogens (tertiary/aromatic N) is 6. The number of carbonyl (C=O) groups is 1. The van der Waals surface area contributed by atoms with Gasteiger partial charge in [0.05, 0.1) is 36.1 Å². The minimum atomic E-state index is -0.176. The Morgan fingerprint density at radius 2 is 2.00 bits per heavy atom. The number of aryl methyl sites for hydroxylation is 1. The molecule has 0 saturated heterocycles. The minimum absolute atomic E-state index is 0.176. The number of aromatic amines is 1. The molecule has 6 rings (SSSR count). The highest BCUT2D eigenvalue weighted by Crippen LogP contribution is 2.39. The molecule has 3 heterocycles. The fourth-order valence-electron chi connectivity index (χ4n) is 5.13. The molecule has 0 bridgehead atoms. The van der Waals surface area contributed by atoms with E-state index in [0.29, 0.717) is 41.5 Å². The van der Waals surface area contributed by atoms with Crippen LogP contribution in [0.5, 0.6) is 0 Å². The van der Waals surface area contributed by atoms with E-state index in [-0.39, 0.29) is 5.91 Å². The smallest absolute Gasteiger partial charge is 0.273 e. The first-order valence-electron chi connectivity index (χ1n) is 13.1. The maximum absolute atomic E-state index is 14.0. The van der Waals surface area contributed by atoms with E-state index in [1.807, 2.05) is 57.5 Å². The number of hydrogen-bond acceptors (Lipinski definition) is 7. The van der Waals surface area contributed by atoms with Gasteiger partial charge in [-0.05, 0) is 55.2 Å². The lowest BCUT2D eigenvalue weighted by Crippen LogP contribution is -2.28. The molecule has 0 radical (unpaired) electrons. The standard InChI is InChI=1S/C29H32N8O2/c1-16-10-24-22(26(30-2)35-34-24)12-20(16)27-32-23-9-6-17(15-39-5)11-21(23)25(33-27)29(38)36(3)14-19-13-31-28(37(19)4)18-7-8-18/h6,9-13,18H,7-8,14-15H2,1-5H3,(H2,30,34,35). The number of ether oxygens (including phenoxy) is 1. The Morgan fingerprint density at radius 3 is 2.74 bits per heavy atom. The van der Waals surface area contributed by atoms with Crippen molar-refractivity contribution in [2.75, 3.05) is 26.5 Å². The van der Waals surface area contributed by atoms with E-state index in [0.717, 1.165) is 44.9 Å². The third-order valence-electron chi connectivity index (χ3n) is 7.47. The zero-order valence-corrected chi connectivity index (χ0v) is 22.9. The van der Waals surface area contributed by atoms with Crippen LogP contribution in [0.3, 0.4) is 0 Å². The van der Waals surface area contributed by atoms with Crippen LogP contribution in [-0.2, 0) is 24.9 Å². The molecule has 2 N–H and O–H groups in total. The highest BCUT2D eigenvalue weighted by atomic mass is 16.5. The monoisotopic (exact) mass is 524 g/mol. The highest BCUT2D eigenvalue weighted by Gasteiger charge is 2.29. The number of fused-ring (bicyclic) bond motifs is 2. The number of hydrogen-bond donors (Lipinski definition) is 2. The molecule has 10 nitrogen and oxygen atoms in total. The first-order valence-corrected chi connectivity index (χ1v) is 13.1. The zero-order chi connectivity index (χ0) is 27.3. The predicted molar refractivity (Wildman–Crippen MR) is 151 cm³/mol. The summed E-state index contributed by atoms with van der Waals surface area (Å²) in [5.74, 6) is 2.77. The molecule has 3 aromatic heterocycles. The zero-order valence-electron chi connectivity index (χ0n) is 22.9. The molecule has 1 aliphatic rings. The number of rotatable bonds is 8. The molecule has 0 aliphatic heterocycles. The second-order valence-corrected chi connectivity index (χ2v) is 10.3. The number of H-pyrrole nitrogens is 1. The fraction of sp³-hybridized carbons (Fsp3) is 0.345. The summed E-state index contributed by atoms with van der Waals surface area (Å²) in [4.78, 5) is 30.1. The average Bonchev–Trinajstić information content (AvgIpc) is 3.60. The Balaban J connectivity index is 1.44. The van der Waals surface area contributed by atoms with E-state index in [1.165, 1.54) is 12.8 Å². The summed E-state index contributed by atoms with van der Waals surface area (Å²) in [6, 6.07) is 9.88. The van der Waals surface area contributed by atoms with E-state index in [2.05, 4.69) is 25.1 Å². The van der Waals surface area contributed by atoms with Crippen molar-refractivity contribution in [2.45, 2.75) is 38.8 Å². The van der Waals surface area contributed by atoms with Gasteiger partial charge in [0.25, 0.3) is 5.91 Å². The molecule has 39 heavy (non-hydrogen) atoms. The van der Waals surface area contributed by atoms with Crippen LogP contribution in [0, 0.1) is 6.92 Å². The number of benzene rings is 2. The number of carbonyl (C=O) groups excluding carboxylic acids is 1. The third-order valence-corrected chi connectivity index (χ3v) is 7.47. The van der Waals surface area contributed by atoms with Gasteiger partial charge in [-0.15, -0.1) is 0 Å². The van der Waals surface area contributed by atoms with Gasteiger partial charge < -0.3 is 19.5 Å². The van der Waals surface area contributed by atoms with E-state index in [4.69, 9.17) is 14.7 Å². The highest BCUT2D eigenvalue weighted by molar-refractivity contribution is 6.05. The van der Waals surface area contributed by atoms with Crippen molar-refractivity contribution in [3.63, 3.8) is 0 Å². The van der Waals surface area contributed by atoms with E-state index >= 15 is 0 Å². The molecular formula is C29H32N8O2. The number of amides is 1.